The molecule has 3 amide bonds. The van der Waals surface area contributed by atoms with E-state index in [1.807, 2.05) is 6.92 Å². The zero-order valence-corrected chi connectivity index (χ0v) is 18.1. The lowest BCUT2D eigenvalue weighted by molar-refractivity contribution is -0.130. The minimum atomic E-state index is -0.939. The topological polar surface area (TPSA) is 81.8 Å². The number of benzene rings is 2. The number of nitrogens with one attached hydrogen (secondary N) is 2. The Kier molecular flexibility index (Phi) is 6.69. The minimum absolute atomic E-state index is 0.156. The highest BCUT2D eigenvalue weighted by Gasteiger charge is 2.43. The van der Waals surface area contributed by atoms with Gasteiger partial charge in [0.05, 0.1) is 6.42 Å². The quantitative estimate of drug-likeness (QED) is 0.669. The number of rotatable bonds is 6. The van der Waals surface area contributed by atoms with Crippen molar-refractivity contribution >= 4 is 52.3 Å². The van der Waals surface area contributed by atoms with Crippen LogP contribution in [0.3, 0.4) is 0 Å². The molecule has 1 fully saturated rings. The van der Waals surface area contributed by atoms with E-state index in [0.717, 1.165) is 5.56 Å². The minimum Gasteiger partial charge on any atom is -0.326 e. The predicted octanol–water partition coefficient (Wildman–Crippen LogP) is 3.14. The molecule has 9 heteroatoms. The van der Waals surface area contributed by atoms with E-state index in [1.165, 1.54) is 9.91 Å². The lowest BCUT2D eigenvalue weighted by Gasteiger charge is -2.24. The average Bonchev–Trinajstić information content (AvgIpc) is 2.94. The molecule has 0 bridgehead atoms. The molecule has 1 heterocycles. The molecule has 2 N–H and O–H groups in total. The normalized spacial score (nSPS) is 16.0. The second-order valence-electron chi connectivity index (χ2n) is 6.77. The first-order valence-corrected chi connectivity index (χ1v) is 10.2. The number of hydrogen-bond donors (Lipinski definition) is 2. The molecule has 0 aliphatic carbocycles. The molecule has 156 valence electrons. The fourth-order valence-electron chi connectivity index (χ4n) is 3.07. The lowest BCUT2D eigenvalue weighted by Crippen LogP contribution is -2.49. The molecule has 30 heavy (non-hydrogen) atoms. The third-order valence-corrected chi connectivity index (χ3v) is 5.53. The van der Waals surface area contributed by atoms with Crippen LogP contribution in [0.5, 0.6) is 0 Å². The summed E-state index contributed by atoms with van der Waals surface area (Å²) in [5, 5.41) is 4.71. The maximum Gasteiger partial charge on any atom is 0.269 e. The highest BCUT2D eigenvalue weighted by Crippen LogP contribution is 2.22. The van der Waals surface area contributed by atoms with E-state index in [0.29, 0.717) is 22.8 Å². The Labute approximate surface area is 185 Å². The van der Waals surface area contributed by atoms with Crippen molar-refractivity contribution in [3.8, 4) is 0 Å². The van der Waals surface area contributed by atoms with Crippen LogP contribution in [0, 0.1) is 6.92 Å². The monoisotopic (exact) mass is 444 g/mol. The molecule has 0 spiro atoms. The first-order chi connectivity index (χ1) is 14.3. The fourth-order valence-corrected chi connectivity index (χ4v) is 3.64. The summed E-state index contributed by atoms with van der Waals surface area (Å²) in [5.74, 6) is -1.15. The Morgan fingerprint density at radius 3 is 2.50 bits per heavy atom. The van der Waals surface area contributed by atoms with Crippen LogP contribution in [0.1, 0.15) is 29.3 Å². The van der Waals surface area contributed by atoms with E-state index in [-0.39, 0.29) is 17.4 Å². The van der Waals surface area contributed by atoms with Crippen LogP contribution in [0.4, 0.5) is 5.69 Å². The standard InChI is InChI=1S/C21H21ClN4O3S/c1-3-25-20(29)17(12-18(27)23-15-10-9-13(2)16(22)11-15)26(21(25)30)24-19(28)14-7-5-4-6-8-14/h4-11,17H,3,12H2,1-2H3,(H,23,27)(H,24,28). The number of likely N-dealkylation sites (N-methyl/N-ethyl adjacent to an activating group) is 1. The van der Waals surface area contributed by atoms with Gasteiger partial charge in [-0.25, -0.2) is 5.01 Å². The van der Waals surface area contributed by atoms with Crippen LogP contribution in [0.25, 0.3) is 0 Å². The second kappa shape index (κ2) is 9.23. The Morgan fingerprint density at radius 2 is 1.87 bits per heavy atom. The van der Waals surface area contributed by atoms with E-state index in [4.69, 9.17) is 23.8 Å². The van der Waals surface area contributed by atoms with E-state index in [2.05, 4.69) is 10.7 Å². The van der Waals surface area contributed by atoms with Crippen molar-refractivity contribution in [1.29, 1.82) is 0 Å². The number of carbonyl (C=O) groups excluding carboxylic acids is 3. The fraction of sp³-hybridized carbons (Fsp3) is 0.238. The molecule has 1 saturated heterocycles. The molecule has 2 aromatic rings. The van der Waals surface area contributed by atoms with Crippen molar-refractivity contribution < 1.29 is 14.4 Å². The van der Waals surface area contributed by atoms with E-state index in [9.17, 15) is 14.4 Å². The van der Waals surface area contributed by atoms with Crippen LogP contribution < -0.4 is 10.7 Å². The van der Waals surface area contributed by atoms with Gasteiger partial charge in [-0.3, -0.25) is 24.7 Å². The Balaban J connectivity index is 1.76. The van der Waals surface area contributed by atoms with Gasteiger partial charge in [-0.15, -0.1) is 0 Å². The van der Waals surface area contributed by atoms with Crippen LogP contribution in [0.15, 0.2) is 48.5 Å². The number of carbonyl (C=O) groups is 3. The van der Waals surface area contributed by atoms with Gasteiger partial charge in [0.1, 0.15) is 6.04 Å². The van der Waals surface area contributed by atoms with E-state index < -0.39 is 17.9 Å². The number of anilines is 1. The third kappa shape index (κ3) is 4.60. The Bertz CT molecular complexity index is 999. The van der Waals surface area contributed by atoms with Gasteiger partial charge in [-0.05, 0) is 55.9 Å². The van der Waals surface area contributed by atoms with Gasteiger partial charge in [0.2, 0.25) is 5.91 Å². The SMILES string of the molecule is CCN1C(=O)C(CC(=O)Nc2ccc(C)c(Cl)c2)N(NC(=O)c2ccccc2)C1=S. The van der Waals surface area contributed by atoms with Crippen LogP contribution in [-0.4, -0.2) is 45.3 Å². The predicted molar refractivity (Wildman–Crippen MR) is 119 cm³/mol. The molecule has 2 aromatic carbocycles. The summed E-state index contributed by atoms with van der Waals surface area (Å²) < 4.78 is 0. The first-order valence-electron chi connectivity index (χ1n) is 9.38. The summed E-state index contributed by atoms with van der Waals surface area (Å²) in [6, 6.07) is 12.8. The molecule has 7 nitrogen and oxygen atoms in total. The zero-order valence-electron chi connectivity index (χ0n) is 16.5. The molecular formula is C21H21ClN4O3S. The summed E-state index contributed by atoms with van der Waals surface area (Å²) in [7, 11) is 0. The second-order valence-corrected chi connectivity index (χ2v) is 7.55. The van der Waals surface area contributed by atoms with Crippen molar-refractivity contribution in [3.05, 3.63) is 64.7 Å². The molecule has 0 radical (unpaired) electrons. The highest BCUT2D eigenvalue weighted by atomic mass is 35.5. The maximum absolute atomic E-state index is 12.8. The van der Waals surface area contributed by atoms with Crippen molar-refractivity contribution in [3.63, 3.8) is 0 Å². The number of thiocarbonyl (C=S) groups is 1. The smallest absolute Gasteiger partial charge is 0.269 e. The van der Waals surface area contributed by atoms with Gasteiger partial charge in [-0.1, -0.05) is 35.9 Å². The number of halogens is 1. The van der Waals surface area contributed by atoms with Gasteiger partial charge in [0, 0.05) is 22.8 Å². The van der Waals surface area contributed by atoms with Gasteiger partial charge in [-0.2, -0.15) is 0 Å². The van der Waals surface area contributed by atoms with Crippen LogP contribution in [0.2, 0.25) is 5.02 Å². The average molecular weight is 445 g/mol. The molecule has 1 aliphatic heterocycles. The van der Waals surface area contributed by atoms with Gasteiger partial charge >= 0.3 is 0 Å². The van der Waals surface area contributed by atoms with Crippen molar-refractivity contribution in [2.45, 2.75) is 26.3 Å². The Hall–Kier alpha value is -2.97. The third-order valence-electron chi connectivity index (χ3n) is 4.71. The number of aryl methyl sites for hydroxylation is 1. The molecule has 1 aliphatic rings. The van der Waals surface area contributed by atoms with Crippen molar-refractivity contribution in [2.75, 3.05) is 11.9 Å². The van der Waals surface area contributed by atoms with Gasteiger partial charge < -0.3 is 5.32 Å². The number of hydrazine groups is 1. The molecule has 0 saturated carbocycles. The van der Waals surface area contributed by atoms with Crippen LogP contribution >= 0.6 is 23.8 Å². The van der Waals surface area contributed by atoms with Crippen LogP contribution in [-0.2, 0) is 9.59 Å². The number of nitrogens with zero attached hydrogens (tertiary/aromatic N) is 2. The largest absolute Gasteiger partial charge is 0.326 e. The summed E-state index contributed by atoms with van der Waals surface area (Å²) in [4.78, 5) is 39.4. The number of amides is 3. The lowest BCUT2D eigenvalue weighted by atomic mass is 10.1. The first kappa shape index (κ1) is 21.7. The molecule has 1 atom stereocenters. The summed E-state index contributed by atoms with van der Waals surface area (Å²) in [6.07, 6.45) is -0.184. The zero-order chi connectivity index (χ0) is 21.8. The molecule has 1 unspecified atom stereocenters. The number of hydrogen-bond acceptors (Lipinski definition) is 4. The highest BCUT2D eigenvalue weighted by molar-refractivity contribution is 7.80. The maximum atomic E-state index is 12.8. The van der Waals surface area contributed by atoms with E-state index in [1.54, 1.807) is 55.5 Å². The summed E-state index contributed by atoms with van der Waals surface area (Å²) >= 11 is 11.5. The molecule has 3 rings (SSSR count). The van der Waals surface area contributed by atoms with Gasteiger partial charge in [0.25, 0.3) is 11.8 Å². The summed E-state index contributed by atoms with van der Waals surface area (Å²) in [6.45, 7) is 3.97. The van der Waals surface area contributed by atoms with E-state index >= 15 is 0 Å². The Morgan fingerprint density at radius 1 is 1.17 bits per heavy atom. The van der Waals surface area contributed by atoms with Gasteiger partial charge in [0.15, 0.2) is 5.11 Å². The molecule has 0 aromatic heterocycles. The summed E-state index contributed by atoms with van der Waals surface area (Å²) in [5.41, 5.74) is 4.49. The van der Waals surface area contributed by atoms with Crippen molar-refractivity contribution in [1.82, 2.24) is 15.3 Å². The van der Waals surface area contributed by atoms with Crippen molar-refractivity contribution in [2.24, 2.45) is 0 Å². The molecular weight excluding hydrogens is 424 g/mol.